The standard InChI is InChI=1S/C17H14BrN3O2/c1-9-14-13(7-6-10-8-19-21-15(10)14)23-16(9)17(22)20-12-5-3-2-4-11(12)18/h2-5,8H,6-7H2,1H3,(H,19,21)(H,20,22). The molecule has 1 aliphatic rings. The maximum atomic E-state index is 12.6. The van der Waals surface area contributed by atoms with Gasteiger partial charge < -0.3 is 9.73 Å². The van der Waals surface area contributed by atoms with Gasteiger partial charge in [0.25, 0.3) is 5.91 Å². The van der Waals surface area contributed by atoms with Gasteiger partial charge in [-0.1, -0.05) is 12.1 Å². The van der Waals surface area contributed by atoms with E-state index in [1.807, 2.05) is 37.4 Å². The van der Waals surface area contributed by atoms with Crippen molar-refractivity contribution in [2.24, 2.45) is 0 Å². The number of fused-ring (bicyclic) bond motifs is 3. The largest absolute Gasteiger partial charge is 0.455 e. The third kappa shape index (κ3) is 2.30. The first-order chi connectivity index (χ1) is 11.1. The number of benzene rings is 1. The van der Waals surface area contributed by atoms with E-state index in [1.165, 1.54) is 5.56 Å². The van der Waals surface area contributed by atoms with Crippen LogP contribution in [0.4, 0.5) is 5.69 Å². The number of H-pyrrole nitrogens is 1. The average molecular weight is 372 g/mol. The van der Waals surface area contributed by atoms with Gasteiger partial charge in [0.1, 0.15) is 5.76 Å². The number of halogens is 1. The zero-order chi connectivity index (χ0) is 16.0. The van der Waals surface area contributed by atoms with Crippen LogP contribution in [0.3, 0.4) is 0 Å². The summed E-state index contributed by atoms with van der Waals surface area (Å²) in [4.78, 5) is 12.6. The molecule has 0 saturated carbocycles. The maximum Gasteiger partial charge on any atom is 0.291 e. The highest BCUT2D eigenvalue weighted by Gasteiger charge is 2.28. The predicted molar refractivity (Wildman–Crippen MR) is 90.5 cm³/mol. The number of hydrogen-bond acceptors (Lipinski definition) is 3. The summed E-state index contributed by atoms with van der Waals surface area (Å²) in [5, 5.41) is 10.0. The van der Waals surface area contributed by atoms with E-state index < -0.39 is 0 Å². The summed E-state index contributed by atoms with van der Waals surface area (Å²) in [6.07, 6.45) is 3.49. The van der Waals surface area contributed by atoms with Gasteiger partial charge in [0.2, 0.25) is 0 Å². The van der Waals surface area contributed by atoms with Crippen molar-refractivity contribution < 1.29 is 9.21 Å². The highest BCUT2D eigenvalue weighted by atomic mass is 79.9. The van der Waals surface area contributed by atoms with Crippen LogP contribution in [0, 0.1) is 6.92 Å². The Labute approximate surface area is 141 Å². The van der Waals surface area contributed by atoms with Crippen molar-refractivity contribution in [3.63, 3.8) is 0 Å². The molecule has 0 unspecified atom stereocenters. The summed E-state index contributed by atoms with van der Waals surface area (Å²) in [6.45, 7) is 1.91. The average Bonchev–Trinajstić information content (AvgIpc) is 3.13. The number of aromatic amines is 1. The molecule has 2 N–H and O–H groups in total. The number of nitrogens with one attached hydrogen (secondary N) is 2. The minimum absolute atomic E-state index is 0.245. The molecule has 4 rings (SSSR count). The smallest absolute Gasteiger partial charge is 0.291 e. The summed E-state index contributed by atoms with van der Waals surface area (Å²) < 4.78 is 6.69. The molecule has 5 nitrogen and oxygen atoms in total. The van der Waals surface area contributed by atoms with E-state index in [2.05, 4.69) is 31.4 Å². The molecule has 0 saturated heterocycles. The molecule has 1 amide bonds. The molecule has 0 spiro atoms. The van der Waals surface area contributed by atoms with Crippen molar-refractivity contribution in [2.45, 2.75) is 19.8 Å². The summed E-state index contributed by atoms with van der Waals surface area (Å²) in [5.41, 5.74) is 4.66. The van der Waals surface area contributed by atoms with E-state index >= 15 is 0 Å². The number of rotatable bonds is 2. The Hall–Kier alpha value is -2.34. The number of hydrogen-bond donors (Lipinski definition) is 2. The van der Waals surface area contributed by atoms with Gasteiger partial charge in [-0.3, -0.25) is 9.89 Å². The third-order valence-electron chi connectivity index (χ3n) is 4.14. The van der Waals surface area contributed by atoms with E-state index in [0.717, 1.165) is 39.9 Å². The van der Waals surface area contributed by atoms with Gasteiger partial charge in [0.05, 0.1) is 17.6 Å². The lowest BCUT2D eigenvalue weighted by molar-refractivity contribution is 0.0994. The first kappa shape index (κ1) is 14.3. The lowest BCUT2D eigenvalue weighted by Crippen LogP contribution is -2.12. The maximum absolute atomic E-state index is 12.6. The van der Waals surface area contributed by atoms with Crippen LogP contribution in [0.15, 0.2) is 39.4 Å². The van der Waals surface area contributed by atoms with Gasteiger partial charge in [0, 0.05) is 22.0 Å². The predicted octanol–water partition coefficient (Wildman–Crippen LogP) is 4.09. The van der Waals surface area contributed by atoms with E-state index in [-0.39, 0.29) is 5.91 Å². The van der Waals surface area contributed by atoms with Crippen LogP contribution in [0.25, 0.3) is 11.3 Å². The second kappa shape index (κ2) is 5.38. The van der Waals surface area contributed by atoms with Crippen molar-refractivity contribution >= 4 is 27.5 Å². The normalized spacial score (nSPS) is 12.6. The molecular weight excluding hydrogens is 358 g/mol. The van der Waals surface area contributed by atoms with Crippen molar-refractivity contribution in [3.8, 4) is 11.3 Å². The van der Waals surface area contributed by atoms with Crippen LogP contribution in [0.5, 0.6) is 0 Å². The topological polar surface area (TPSA) is 70.9 Å². The molecule has 0 bridgehead atoms. The first-order valence-corrected chi connectivity index (χ1v) is 8.15. The van der Waals surface area contributed by atoms with Crippen LogP contribution in [0.2, 0.25) is 0 Å². The second-order valence-corrected chi connectivity index (χ2v) is 6.41. The van der Waals surface area contributed by atoms with E-state index in [0.29, 0.717) is 11.4 Å². The van der Waals surface area contributed by atoms with E-state index in [1.54, 1.807) is 0 Å². The fourth-order valence-corrected chi connectivity index (χ4v) is 3.38. The highest BCUT2D eigenvalue weighted by molar-refractivity contribution is 9.10. The number of para-hydroxylation sites is 1. The van der Waals surface area contributed by atoms with Gasteiger partial charge in [-0.05, 0) is 47.0 Å². The van der Waals surface area contributed by atoms with Gasteiger partial charge in [-0.25, -0.2) is 0 Å². The lowest BCUT2D eigenvalue weighted by Gasteiger charge is -2.09. The zero-order valence-electron chi connectivity index (χ0n) is 12.4. The molecule has 6 heteroatoms. The fraction of sp³-hybridized carbons (Fsp3) is 0.176. The Morgan fingerprint density at radius 1 is 1.35 bits per heavy atom. The molecule has 0 atom stereocenters. The Kier molecular flexibility index (Phi) is 3.34. The minimum atomic E-state index is -0.245. The fourth-order valence-electron chi connectivity index (χ4n) is 3.00. The molecule has 0 aliphatic heterocycles. The molecule has 2 heterocycles. The SMILES string of the molecule is Cc1c(C(=O)Nc2ccccc2Br)oc2c1-c1[nH]ncc1CC2. The number of carbonyl (C=O) groups excluding carboxylic acids is 1. The summed E-state index contributed by atoms with van der Waals surface area (Å²) in [5.74, 6) is 0.953. The summed E-state index contributed by atoms with van der Waals surface area (Å²) in [6, 6.07) is 7.49. The van der Waals surface area contributed by atoms with Crippen LogP contribution in [-0.2, 0) is 12.8 Å². The molecule has 0 fully saturated rings. The number of aromatic nitrogens is 2. The Morgan fingerprint density at radius 2 is 2.17 bits per heavy atom. The Morgan fingerprint density at radius 3 is 3.00 bits per heavy atom. The molecular formula is C17H14BrN3O2. The monoisotopic (exact) mass is 371 g/mol. The van der Waals surface area contributed by atoms with Gasteiger partial charge in [0.15, 0.2) is 5.76 Å². The van der Waals surface area contributed by atoms with E-state index in [9.17, 15) is 4.79 Å². The van der Waals surface area contributed by atoms with Crippen molar-refractivity contribution in [3.05, 3.63) is 57.6 Å². The van der Waals surface area contributed by atoms with E-state index in [4.69, 9.17) is 4.42 Å². The summed E-state index contributed by atoms with van der Waals surface area (Å²) >= 11 is 3.43. The molecule has 116 valence electrons. The van der Waals surface area contributed by atoms with Gasteiger partial charge >= 0.3 is 0 Å². The second-order valence-electron chi connectivity index (χ2n) is 5.56. The molecule has 0 radical (unpaired) electrons. The van der Waals surface area contributed by atoms with Crippen LogP contribution < -0.4 is 5.32 Å². The third-order valence-corrected chi connectivity index (χ3v) is 4.83. The number of amides is 1. The lowest BCUT2D eigenvalue weighted by atomic mass is 9.93. The molecule has 3 aromatic rings. The zero-order valence-corrected chi connectivity index (χ0v) is 14.0. The van der Waals surface area contributed by atoms with Crippen LogP contribution in [0.1, 0.15) is 27.4 Å². The molecule has 23 heavy (non-hydrogen) atoms. The van der Waals surface area contributed by atoms with Gasteiger partial charge in [-0.2, -0.15) is 5.10 Å². The number of carbonyl (C=O) groups is 1. The molecule has 1 aromatic carbocycles. The van der Waals surface area contributed by atoms with Crippen LogP contribution in [-0.4, -0.2) is 16.1 Å². The minimum Gasteiger partial charge on any atom is -0.455 e. The number of furan rings is 1. The number of nitrogens with zero attached hydrogens (tertiary/aromatic N) is 1. The van der Waals surface area contributed by atoms with Crippen LogP contribution >= 0.6 is 15.9 Å². The Balaban J connectivity index is 1.72. The summed E-state index contributed by atoms with van der Waals surface area (Å²) in [7, 11) is 0. The quantitative estimate of drug-likeness (QED) is 0.712. The number of aryl methyl sites for hydroxylation is 2. The Bertz CT molecular complexity index is 910. The van der Waals surface area contributed by atoms with Crippen molar-refractivity contribution in [1.82, 2.24) is 10.2 Å². The first-order valence-electron chi connectivity index (χ1n) is 7.36. The number of anilines is 1. The molecule has 2 aromatic heterocycles. The molecule has 1 aliphatic carbocycles. The van der Waals surface area contributed by atoms with Crippen molar-refractivity contribution in [2.75, 3.05) is 5.32 Å². The van der Waals surface area contributed by atoms with Crippen molar-refractivity contribution in [1.29, 1.82) is 0 Å². The highest BCUT2D eigenvalue weighted by Crippen LogP contribution is 2.38. The van der Waals surface area contributed by atoms with Gasteiger partial charge in [-0.15, -0.1) is 0 Å².